The third kappa shape index (κ3) is 5.21. The highest BCUT2D eigenvalue weighted by atomic mass is 32.1. The predicted molar refractivity (Wildman–Crippen MR) is 105 cm³/mol. The maximum absolute atomic E-state index is 12.9. The third-order valence-corrected chi connectivity index (χ3v) is 4.71. The van der Waals surface area contributed by atoms with E-state index in [0.717, 1.165) is 16.9 Å². The Bertz CT molecular complexity index is 954. The monoisotopic (exact) mass is 383 g/mol. The zero-order chi connectivity index (χ0) is 19.2. The summed E-state index contributed by atoms with van der Waals surface area (Å²) in [5.41, 5.74) is 2.89. The number of nitrogens with zero attached hydrogens (tertiary/aromatic N) is 1. The van der Waals surface area contributed by atoms with Gasteiger partial charge in [-0.1, -0.05) is 18.2 Å². The van der Waals surface area contributed by atoms with E-state index in [9.17, 15) is 14.0 Å². The second kappa shape index (κ2) is 8.55. The Balaban J connectivity index is 1.52. The topological polar surface area (TPSA) is 71.1 Å². The van der Waals surface area contributed by atoms with Gasteiger partial charge in [0.15, 0.2) is 5.13 Å². The summed E-state index contributed by atoms with van der Waals surface area (Å²) in [6.45, 7) is 1.94. The molecule has 27 heavy (non-hydrogen) atoms. The van der Waals surface area contributed by atoms with Gasteiger partial charge in [-0.05, 0) is 49.2 Å². The third-order valence-electron chi connectivity index (χ3n) is 3.91. The Kier molecular flexibility index (Phi) is 5.93. The predicted octanol–water partition coefficient (Wildman–Crippen LogP) is 4.41. The number of carbonyl (C=O) groups is 2. The molecule has 3 aromatic rings. The van der Waals surface area contributed by atoms with Crippen LogP contribution in [0.4, 0.5) is 15.2 Å². The highest BCUT2D eigenvalue weighted by Gasteiger charge is 2.11. The van der Waals surface area contributed by atoms with Gasteiger partial charge in [-0.25, -0.2) is 9.37 Å². The molecule has 0 saturated carbocycles. The van der Waals surface area contributed by atoms with E-state index in [0.29, 0.717) is 23.5 Å². The van der Waals surface area contributed by atoms with E-state index in [1.54, 1.807) is 5.38 Å². The SMILES string of the molecule is Cc1ccccc1NC(=O)CCc1csc(NC(=O)c2ccc(F)cc2)n1. The molecule has 5 nitrogen and oxygen atoms in total. The van der Waals surface area contributed by atoms with Crippen molar-refractivity contribution < 1.29 is 14.0 Å². The van der Waals surface area contributed by atoms with Crippen LogP contribution in [0.5, 0.6) is 0 Å². The Morgan fingerprint density at radius 2 is 1.81 bits per heavy atom. The van der Waals surface area contributed by atoms with Crippen LogP contribution in [0, 0.1) is 12.7 Å². The van der Waals surface area contributed by atoms with E-state index in [4.69, 9.17) is 0 Å². The van der Waals surface area contributed by atoms with Gasteiger partial charge in [-0.3, -0.25) is 14.9 Å². The summed E-state index contributed by atoms with van der Waals surface area (Å²) in [7, 11) is 0. The highest BCUT2D eigenvalue weighted by molar-refractivity contribution is 7.14. The van der Waals surface area contributed by atoms with Crippen molar-refractivity contribution in [3.8, 4) is 0 Å². The zero-order valence-electron chi connectivity index (χ0n) is 14.7. The van der Waals surface area contributed by atoms with Gasteiger partial charge in [0.05, 0.1) is 5.69 Å². The molecule has 0 aliphatic heterocycles. The minimum atomic E-state index is -0.396. The van der Waals surface area contributed by atoms with Crippen molar-refractivity contribution in [1.29, 1.82) is 0 Å². The van der Waals surface area contributed by atoms with Crippen LogP contribution < -0.4 is 10.6 Å². The van der Waals surface area contributed by atoms with Crippen molar-refractivity contribution in [1.82, 2.24) is 4.98 Å². The zero-order valence-corrected chi connectivity index (χ0v) is 15.5. The molecule has 2 amide bonds. The molecule has 7 heteroatoms. The summed E-state index contributed by atoms with van der Waals surface area (Å²) >= 11 is 1.28. The summed E-state index contributed by atoms with van der Waals surface area (Å²) in [5, 5.41) is 7.81. The standard InChI is InChI=1S/C20H18FN3O2S/c1-13-4-2-3-5-17(13)23-18(25)11-10-16-12-27-20(22-16)24-19(26)14-6-8-15(21)9-7-14/h2-9,12H,10-11H2,1H3,(H,23,25)(H,22,24,26). The quantitative estimate of drug-likeness (QED) is 0.662. The molecular formula is C20H18FN3O2S. The van der Waals surface area contributed by atoms with Crippen LogP contribution in [-0.2, 0) is 11.2 Å². The molecule has 2 N–H and O–H groups in total. The number of para-hydroxylation sites is 1. The number of halogens is 1. The largest absolute Gasteiger partial charge is 0.326 e. The van der Waals surface area contributed by atoms with E-state index in [1.807, 2.05) is 31.2 Å². The Hall–Kier alpha value is -3.06. The molecule has 0 aliphatic rings. The van der Waals surface area contributed by atoms with Crippen LogP contribution in [0.25, 0.3) is 0 Å². The fourth-order valence-electron chi connectivity index (χ4n) is 2.42. The highest BCUT2D eigenvalue weighted by Crippen LogP contribution is 2.18. The number of anilines is 2. The van der Waals surface area contributed by atoms with Crippen molar-refractivity contribution in [3.05, 3.63) is 76.5 Å². The first-order chi connectivity index (χ1) is 13.0. The normalized spacial score (nSPS) is 10.4. The fourth-order valence-corrected chi connectivity index (χ4v) is 3.16. The average Bonchev–Trinajstić information content (AvgIpc) is 3.10. The molecule has 0 atom stereocenters. The van der Waals surface area contributed by atoms with Gasteiger partial charge in [0.2, 0.25) is 5.91 Å². The van der Waals surface area contributed by atoms with Crippen LogP contribution >= 0.6 is 11.3 Å². The molecule has 0 radical (unpaired) electrons. The van der Waals surface area contributed by atoms with E-state index >= 15 is 0 Å². The second-order valence-electron chi connectivity index (χ2n) is 5.97. The van der Waals surface area contributed by atoms with Gasteiger partial charge < -0.3 is 5.32 Å². The van der Waals surface area contributed by atoms with Crippen LogP contribution in [0.1, 0.15) is 28.0 Å². The lowest BCUT2D eigenvalue weighted by molar-refractivity contribution is -0.116. The van der Waals surface area contributed by atoms with E-state index < -0.39 is 5.82 Å². The van der Waals surface area contributed by atoms with Crippen molar-refractivity contribution in [2.24, 2.45) is 0 Å². The Labute approximate surface area is 160 Å². The van der Waals surface area contributed by atoms with E-state index in [-0.39, 0.29) is 11.8 Å². The minimum absolute atomic E-state index is 0.0887. The molecule has 2 aromatic carbocycles. The summed E-state index contributed by atoms with van der Waals surface area (Å²) in [4.78, 5) is 28.5. The Morgan fingerprint density at radius 3 is 2.56 bits per heavy atom. The minimum Gasteiger partial charge on any atom is -0.326 e. The molecule has 0 bridgehead atoms. The maximum atomic E-state index is 12.9. The maximum Gasteiger partial charge on any atom is 0.257 e. The molecule has 0 fully saturated rings. The van der Waals surface area contributed by atoms with Gasteiger partial charge in [0.1, 0.15) is 5.82 Å². The van der Waals surface area contributed by atoms with Crippen LogP contribution in [0.3, 0.4) is 0 Å². The molecule has 1 aromatic heterocycles. The van der Waals surface area contributed by atoms with Gasteiger partial charge in [-0.2, -0.15) is 0 Å². The van der Waals surface area contributed by atoms with Gasteiger partial charge >= 0.3 is 0 Å². The lowest BCUT2D eigenvalue weighted by atomic mass is 10.2. The first-order valence-corrected chi connectivity index (χ1v) is 9.26. The molecular weight excluding hydrogens is 365 g/mol. The number of thiazole rings is 1. The fraction of sp³-hybridized carbons (Fsp3) is 0.150. The van der Waals surface area contributed by atoms with Crippen LogP contribution in [0.2, 0.25) is 0 Å². The van der Waals surface area contributed by atoms with E-state index in [2.05, 4.69) is 15.6 Å². The number of hydrogen-bond acceptors (Lipinski definition) is 4. The molecule has 0 spiro atoms. The van der Waals surface area contributed by atoms with Crippen molar-refractivity contribution in [2.45, 2.75) is 19.8 Å². The number of benzene rings is 2. The van der Waals surface area contributed by atoms with Gasteiger partial charge in [0, 0.05) is 23.1 Å². The number of rotatable bonds is 6. The summed E-state index contributed by atoms with van der Waals surface area (Å²) in [6, 6.07) is 12.9. The molecule has 3 rings (SSSR count). The summed E-state index contributed by atoms with van der Waals surface area (Å²) < 4.78 is 12.9. The van der Waals surface area contributed by atoms with Crippen LogP contribution in [0.15, 0.2) is 53.9 Å². The number of carbonyl (C=O) groups excluding carboxylic acids is 2. The van der Waals surface area contributed by atoms with Crippen molar-refractivity contribution in [3.63, 3.8) is 0 Å². The van der Waals surface area contributed by atoms with Crippen molar-refractivity contribution >= 4 is 34.0 Å². The second-order valence-corrected chi connectivity index (χ2v) is 6.83. The van der Waals surface area contributed by atoms with Gasteiger partial charge in [0.25, 0.3) is 5.91 Å². The lowest BCUT2D eigenvalue weighted by Crippen LogP contribution is -2.13. The number of aryl methyl sites for hydroxylation is 2. The molecule has 0 saturated heterocycles. The van der Waals surface area contributed by atoms with E-state index in [1.165, 1.54) is 35.6 Å². The number of amides is 2. The number of nitrogens with one attached hydrogen (secondary N) is 2. The number of hydrogen-bond donors (Lipinski definition) is 2. The van der Waals surface area contributed by atoms with Gasteiger partial charge in [-0.15, -0.1) is 11.3 Å². The smallest absolute Gasteiger partial charge is 0.257 e. The molecule has 0 unspecified atom stereocenters. The first-order valence-electron chi connectivity index (χ1n) is 8.38. The van der Waals surface area contributed by atoms with Crippen LogP contribution in [-0.4, -0.2) is 16.8 Å². The summed E-state index contributed by atoms with van der Waals surface area (Å²) in [5.74, 6) is -0.838. The molecule has 1 heterocycles. The number of aromatic nitrogens is 1. The van der Waals surface area contributed by atoms with Crippen molar-refractivity contribution in [2.75, 3.05) is 10.6 Å². The molecule has 138 valence electrons. The Morgan fingerprint density at radius 1 is 1.07 bits per heavy atom. The average molecular weight is 383 g/mol. The first kappa shape index (κ1) is 18.7. The summed E-state index contributed by atoms with van der Waals surface area (Å²) in [6.07, 6.45) is 0.768. The lowest BCUT2D eigenvalue weighted by Gasteiger charge is -2.07. The molecule has 0 aliphatic carbocycles.